The molecule has 1 fully saturated rings. The summed E-state index contributed by atoms with van der Waals surface area (Å²) in [6.07, 6.45) is 2.68. The fourth-order valence-corrected chi connectivity index (χ4v) is 3.71. The Balaban J connectivity index is 2.31. The Morgan fingerprint density at radius 2 is 2.05 bits per heavy atom. The van der Waals surface area contributed by atoms with E-state index >= 15 is 0 Å². The van der Waals surface area contributed by atoms with Crippen molar-refractivity contribution in [1.82, 2.24) is 15.4 Å². The van der Waals surface area contributed by atoms with Gasteiger partial charge in [0.25, 0.3) is 0 Å². The molecule has 1 amide bonds. The monoisotopic (exact) mass is 321 g/mol. The molecule has 0 aliphatic carbocycles. The predicted molar refractivity (Wildman–Crippen MR) is 81.5 cm³/mol. The molecule has 3 N–H and O–H groups in total. The Kier molecular flexibility index (Phi) is 8.16. The van der Waals surface area contributed by atoms with Gasteiger partial charge in [-0.1, -0.05) is 0 Å². The van der Waals surface area contributed by atoms with Crippen molar-refractivity contribution in [3.63, 3.8) is 0 Å². The summed E-state index contributed by atoms with van der Waals surface area (Å²) < 4.78 is 31.2. The van der Waals surface area contributed by atoms with Crippen molar-refractivity contribution in [1.29, 1.82) is 0 Å². The average molecular weight is 321 g/mol. The molecular formula is C13H27N3O4S. The van der Waals surface area contributed by atoms with Crippen LogP contribution in [0.25, 0.3) is 0 Å². The van der Waals surface area contributed by atoms with Gasteiger partial charge in [-0.3, -0.25) is 4.79 Å². The number of amides is 1. The molecule has 1 heterocycles. The second-order valence-electron chi connectivity index (χ2n) is 5.42. The molecule has 0 aromatic rings. The maximum atomic E-state index is 12.0. The summed E-state index contributed by atoms with van der Waals surface area (Å²) in [5.41, 5.74) is 0. The highest BCUT2D eigenvalue weighted by Gasteiger charge is 2.22. The van der Waals surface area contributed by atoms with E-state index in [4.69, 9.17) is 4.74 Å². The van der Waals surface area contributed by atoms with Crippen molar-refractivity contribution in [3.05, 3.63) is 0 Å². The quantitative estimate of drug-likeness (QED) is 0.495. The number of carbonyl (C=O) groups excluding carboxylic acids is 1. The molecule has 0 saturated carbocycles. The lowest BCUT2D eigenvalue weighted by atomic mass is 9.96. The van der Waals surface area contributed by atoms with Crippen LogP contribution in [0.15, 0.2) is 0 Å². The molecule has 0 radical (unpaired) electrons. The highest BCUT2D eigenvalue weighted by Crippen LogP contribution is 2.16. The number of piperidine rings is 1. The van der Waals surface area contributed by atoms with Crippen molar-refractivity contribution in [2.75, 3.05) is 39.1 Å². The lowest BCUT2D eigenvalue weighted by molar-refractivity contribution is -0.122. The topological polar surface area (TPSA) is 96.5 Å². The molecule has 1 atom stereocenters. The molecule has 0 aromatic heterocycles. The Morgan fingerprint density at radius 1 is 1.38 bits per heavy atom. The minimum atomic E-state index is -3.42. The molecule has 0 spiro atoms. The summed E-state index contributed by atoms with van der Waals surface area (Å²) in [4.78, 5) is 11.7. The van der Waals surface area contributed by atoms with Gasteiger partial charge in [-0.05, 0) is 45.2 Å². The van der Waals surface area contributed by atoms with E-state index in [0.717, 1.165) is 25.9 Å². The number of carbonyl (C=O) groups is 1. The molecule has 0 bridgehead atoms. The van der Waals surface area contributed by atoms with Gasteiger partial charge < -0.3 is 15.4 Å². The van der Waals surface area contributed by atoms with Gasteiger partial charge in [0.05, 0.1) is 18.4 Å². The molecule has 1 saturated heterocycles. The van der Waals surface area contributed by atoms with Gasteiger partial charge in [0, 0.05) is 13.7 Å². The second-order valence-corrected chi connectivity index (χ2v) is 7.30. The Hall–Kier alpha value is -0.700. The summed E-state index contributed by atoms with van der Waals surface area (Å²) in [5, 5.41) is 5.87. The zero-order valence-corrected chi connectivity index (χ0v) is 13.7. The minimum Gasteiger partial charge on any atom is -0.383 e. The van der Waals surface area contributed by atoms with Crippen molar-refractivity contribution in [2.45, 2.75) is 32.2 Å². The van der Waals surface area contributed by atoms with Gasteiger partial charge >= 0.3 is 0 Å². The van der Waals surface area contributed by atoms with E-state index in [9.17, 15) is 13.2 Å². The first kappa shape index (κ1) is 18.3. The summed E-state index contributed by atoms with van der Waals surface area (Å²) in [6, 6.07) is -0.764. The number of ether oxygens (including phenoxy) is 1. The summed E-state index contributed by atoms with van der Waals surface area (Å²) in [7, 11) is -1.88. The summed E-state index contributed by atoms with van der Waals surface area (Å²) >= 11 is 0. The third kappa shape index (κ3) is 7.75. The van der Waals surface area contributed by atoms with Crippen molar-refractivity contribution in [3.8, 4) is 0 Å². The molecule has 124 valence electrons. The van der Waals surface area contributed by atoms with E-state index in [0.29, 0.717) is 25.5 Å². The fourth-order valence-electron chi connectivity index (χ4n) is 2.30. The smallest absolute Gasteiger partial charge is 0.237 e. The first-order chi connectivity index (χ1) is 9.94. The average Bonchev–Trinajstić information content (AvgIpc) is 2.46. The number of rotatable bonds is 9. The van der Waals surface area contributed by atoms with Crippen LogP contribution in [0.3, 0.4) is 0 Å². The number of hydrogen-bond acceptors (Lipinski definition) is 5. The van der Waals surface area contributed by atoms with E-state index in [1.165, 1.54) is 0 Å². The SMILES string of the molecule is COCCNC(=O)C(C)NS(=O)(=O)CCC1CCNCC1. The first-order valence-corrected chi connectivity index (χ1v) is 9.07. The van der Waals surface area contributed by atoms with E-state index < -0.39 is 16.1 Å². The number of nitrogens with one attached hydrogen (secondary N) is 3. The Labute approximate surface area is 127 Å². The summed E-state index contributed by atoms with van der Waals surface area (Å²) in [6.45, 7) is 4.23. The van der Waals surface area contributed by atoms with Crippen LogP contribution in [0, 0.1) is 5.92 Å². The van der Waals surface area contributed by atoms with Crippen LogP contribution in [0.2, 0.25) is 0 Å². The molecule has 1 rings (SSSR count). The standard InChI is InChI=1S/C13H27N3O4S/c1-11(13(17)15-8-9-20-2)16-21(18,19)10-5-12-3-6-14-7-4-12/h11-12,14,16H,3-10H2,1-2H3,(H,15,17). The third-order valence-electron chi connectivity index (χ3n) is 3.61. The number of hydrogen-bond donors (Lipinski definition) is 3. The van der Waals surface area contributed by atoms with Crippen molar-refractivity contribution in [2.24, 2.45) is 5.92 Å². The molecule has 1 aliphatic heterocycles. The largest absolute Gasteiger partial charge is 0.383 e. The zero-order valence-electron chi connectivity index (χ0n) is 12.9. The van der Waals surface area contributed by atoms with Crippen LogP contribution in [0.5, 0.6) is 0 Å². The molecule has 7 nitrogen and oxygen atoms in total. The first-order valence-electron chi connectivity index (χ1n) is 7.42. The van der Waals surface area contributed by atoms with Gasteiger partial charge in [-0.15, -0.1) is 0 Å². The molecule has 21 heavy (non-hydrogen) atoms. The molecule has 1 aliphatic rings. The van der Waals surface area contributed by atoms with Crippen LogP contribution < -0.4 is 15.4 Å². The highest BCUT2D eigenvalue weighted by atomic mass is 32.2. The summed E-state index contributed by atoms with van der Waals surface area (Å²) in [5.74, 6) is 0.194. The highest BCUT2D eigenvalue weighted by molar-refractivity contribution is 7.89. The van der Waals surface area contributed by atoms with Crippen molar-refractivity contribution < 1.29 is 17.9 Å². The maximum absolute atomic E-state index is 12.0. The fraction of sp³-hybridized carbons (Fsp3) is 0.923. The van der Waals surface area contributed by atoms with E-state index in [2.05, 4.69) is 15.4 Å². The second kappa shape index (κ2) is 9.34. The van der Waals surface area contributed by atoms with Crippen LogP contribution >= 0.6 is 0 Å². The molecule has 8 heteroatoms. The lowest BCUT2D eigenvalue weighted by Crippen LogP contribution is -2.46. The zero-order chi connectivity index (χ0) is 15.7. The van der Waals surface area contributed by atoms with Crippen LogP contribution in [-0.4, -0.2) is 59.5 Å². The predicted octanol–water partition coefficient (Wildman–Crippen LogP) is -0.553. The Bertz CT molecular complexity index is 408. The van der Waals surface area contributed by atoms with Gasteiger partial charge in [0.1, 0.15) is 0 Å². The normalized spacial score (nSPS) is 18.4. The van der Waals surface area contributed by atoms with Gasteiger partial charge in [0.2, 0.25) is 15.9 Å². The number of sulfonamides is 1. The van der Waals surface area contributed by atoms with Gasteiger partial charge in [0.15, 0.2) is 0 Å². The van der Waals surface area contributed by atoms with Crippen LogP contribution in [0.1, 0.15) is 26.2 Å². The molecule has 0 aromatic carbocycles. The third-order valence-corrected chi connectivity index (χ3v) is 5.09. The van der Waals surface area contributed by atoms with Crippen LogP contribution in [0.4, 0.5) is 0 Å². The number of methoxy groups -OCH3 is 1. The van der Waals surface area contributed by atoms with E-state index in [1.54, 1.807) is 14.0 Å². The molecule has 1 unspecified atom stereocenters. The maximum Gasteiger partial charge on any atom is 0.237 e. The van der Waals surface area contributed by atoms with Gasteiger partial charge in [-0.2, -0.15) is 0 Å². The Morgan fingerprint density at radius 3 is 2.67 bits per heavy atom. The minimum absolute atomic E-state index is 0.0767. The van der Waals surface area contributed by atoms with E-state index in [-0.39, 0.29) is 11.7 Å². The van der Waals surface area contributed by atoms with Crippen LogP contribution in [-0.2, 0) is 19.6 Å². The molecular weight excluding hydrogens is 294 g/mol. The van der Waals surface area contributed by atoms with Crippen molar-refractivity contribution >= 4 is 15.9 Å². The van der Waals surface area contributed by atoms with Gasteiger partial charge in [-0.25, -0.2) is 13.1 Å². The lowest BCUT2D eigenvalue weighted by Gasteiger charge is -2.22. The van der Waals surface area contributed by atoms with E-state index in [1.807, 2.05) is 0 Å².